The summed E-state index contributed by atoms with van der Waals surface area (Å²) in [5, 5.41) is 6.67. The number of ether oxygens (including phenoxy) is 1. The highest BCUT2D eigenvalue weighted by Gasteiger charge is 2.27. The molecule has 0 bridgehead atoms. The molecule has 0 unspecified atom stereocenters. The normalized spacial score (nSPS) is 14.2. The van der Waals surface area contributed by atoms with E-state index >= 15 is 0 Å². The highest BCUT2D eigenvalue weighted by molar-refractivity contribution is 5.48. The van der Waals surface area contributed by atoms with Crippen LogP contribution in [0, 0.1) is 0 Å². The molecule has 0 atom stereocenters. The smallest absolute Gasteiger partial charge is 0.136 e. The van der Waals surface area contributed by atoms with Gasteiger partial charge in [-0.05, 0) is 32.6 Å². The molecule has 2 rings (SSSR count). The first kappa shape index (κ1) is 16.0. The van der Waals surface area contributed by atoms with Gasteiger partial charge in [0.15, 0.2) is 0 Å². The molecule has 1 aromatic heterocycles. The average molecular weight is 292 g/mol. The van der Waals surface area contributed by atoms with Crippen LogP contribution in [-0.2, 0) is 4.74 Å². The number of unbranched alkanes of at least 4 members (excludes halogenated alkanes) is 1. The van der Waals surface area contributed by atoms with Crippen molar-refractivity contribution in [1.82, 2.24) is 9.97 Å². The Balaban J connectivity index is 1.76. The summed E-state index contributed by atoms with van der Waals surface area (Å²) >= 11 is 0. The van der Waals surface area contributed by atoms with Crippen LogP contribution in [0.1, 0.15) is 57.7 Å². The third-order valence-electron chi connectivity index (χ3n) is 3.46. The third kappa shape index (κ3) is 5.87. The van der Waals surface area contributed by atoms with E-state index in [1.54, 1.807) is 0 Å². The molecule has 0 saturated heterocycles. The lowest BCUT2D eigenvalue weighted by Crippen LogP contribution is -2.10. The van der Waals surface area contributed by atoms with Crippen LogP contribution in [0.3, 0.4) is 0 Å². The predicted molar refractivity (Wildman–Crippen MR) is 87.0 cm³/mol. The molecule has 21 heavy (non-hydrogen) atoms. The van der Waals surface area contributed by atoms with Crippen LogP contribution in [0.4, 0.5) is 11.6 Å². The Labute approximate surface area is 127 Å². The molecule has 0 radical (unpaired) electrons. The van der Waals surface area contributed by atoms with E-state index in [4.69, 9.17) is 4.74 Å². The van der Waals surface area contributed by atoms with Gasteiger partial charge in [-0.3, -0.25) is 0 Å². The van der Waals surface area contributed by atoms with Crippen molar-refractivity contribution in [2.45, 2.75) is 51.9 Å². The lowest BCUT2D eigenvalue weighted by Gasteiger charge is -2.10. The van der Waals surface area contributed by atoms with Gasteiger partial charge >= 0.3 is 0 Å². The number of aromatic nitrogens is 2. The molecule has 1 heterocycles. The van der Waals surface area contributed by atoms with Gasteiger partial charge in [-0.1, -0.05) is 13.3 Å². The Morgan fingerprint density at radius 2 is 1.81 bits per heavy atom. The zero-order chi connectivity index (χ0) is 14.9. The molecule has 118 valence electrons. The Kier molecular flexibility index (Phi) is 6.73. The maximum Gasteiger partial charge on any atom is 0.136 e. The first-order valence-electron chi connectivity index (χ1n) is 8.28. The van der Waals surface area contributed by atoms with Crippen LogP contribution < -0.4 is 10.6 Å². The fourth-order valence-electron chi connectivity index (χ4n) is 2.09. The van der Waals surface area contributed by atoms with Crippen LogP contribution in [-0.4, -0.2) is 36.3 Å². The summed E-state index contributed by atoms with van der Waals surface area (Å²) in [5.74, 6) is 3.41. The van der Waals surface area contributed by atoms with Crippen molar-refractivity contribution in [1.29, 1.82) is 0 Å². The van der Waals surface area contributed by atoms with Gasteiger partial charge in [0, 0.05) is 38.3 Å². The lowest BCUT2D eigenvalue weighted by molar-refractivity contribution is 0.131. The second kappa shape index (κ2) is 8.82. The van der Waals surface area contributed by atoms with E-state index < -0.39 is 0 Å². The fraction of sp³-hybridized carbons (Fsp3) is 0.750. The van der Waals surface area contributed by atoms with Gasteiger partial charge in [-0.2, -0.15) is 0 Å². The number of hydrogen-bond donors (Lipinski definition) is 2. The Hall–Kier alpha value is -1.36. The zero-order valence-electron chi connectivity index (χ0n) is 13.3. The lowest BCUT2D eigenvalue weighted by atomic mass is 10.3. The highest BCUT2D eigenvalue weighted by Crippen LogP contribution is 2.38. The van der Waals surface area contributed by atoms with Crippen LogP contribution in [0.25, 0.3) is 0 Å². The summed E-state index contributed by atoms with van der Waals surface area (Å²) in [6, 6.07) is 1.99. The molecule has 5 nitrogen and oxygen atoms in total. The molecule has 0 spiro atoms. The zero-order valence-corrected chi connectivity index (χ0v) is 13.3. The van der Waals surface area contributed by atoms with Gasteiger partial charge in [-0.25, -0.2) is 9.97 Å². The monoisotopic (exact) mass is 292 g/mol. The van der Waals surface area contributed by atoms with Gasteiger partial charge in [0.25, 0.3) is 0 Å². The van der Waals surface area contributed by atoms with E-state index in [-0.39, 0.29) is 0 Å². The van der Waals surface area contributed by atoms with Crippen molar-refractivity contribution in [2.24, 2.45) is 0 Å². The summed E-state index contributed by atoms with van der Waals surface area (Å²) in [5.41, 5.74) is 0. The minimum atomic E-state index is 0.571. The van der Waals surface area contributed by atoms with E-state index in [0.717, 1.165) is 56.6 Å². The van der Waals surface area contributed by atoms with Crippen molar-refractivity contribution in [3.8, 4) is 0 Å². The number of anilines is 2. The quantitative estimate of drug-likeness (QED) is 0.612. The second-order valence-corrected chi connectivity index (χ2v) is 5.55. The number of nitrogens with one attached hydrogen (secondary N) is 2. The van der Waals surface area contributed by atoms with Crippen molar-refractivity contribution in [3.05, 3.63) is 11.9 Å². The summed E-state index contributed by atoms with van der Waals surface area (Å²) in [6.07, 6.45) is 5.79. The Morgan fingerprint density at radius 1 is 1.10 bits per heavy atom. The van der Waals surface area contributed by atoms with E-state index in [9.17, 15) is 0 Å². The molecular formula is C16H28N4O. The van der Waals surface area contributed by atoms with Crippen LogP contribution in [0.5, 0.6) is 0 Å². The van der Waals surface area contributed by atoms with Crippen molar-refractivity contribution >= 4 is 11.6 Å². The van der Waals surface area contributed by atoms with Crippen molar-refractivity contribution in [3.63, 3.8) is 0 Å². The van der Waals surface area contributed by atoms with Gasteiger partial charge < -0.3 is 15.4 Å². The molecule has 2 N–H and O–H groups in total. The fourth-order valence-corrected chi connectivity index (χ4v) is 2.09. The molecule has 0 amide bonds. The molecule has 0 aliphatic heterocycles. The van der Waals surface area contributed by atoms with Gasteiger partial charge in [0.05, 0.1) is 0 Å². The van der Waals surface area contributed by atoms with E-state index in [1.165, 1.54) is 19.3 Å². The molecule has 1 aliphatic carbocycles. The summed E-state index contributed by atoms with van der Waals surface area (Å²) in [4.78, 5) is 9.20. The number of rotatable bonds is 11. The SMILES string of the molecule is CCCCOCCCNc1cc(NCC)nc(C2CC2)n1. The van der Waals surface area contributed by atoms with Crippen LogP contribution >= 0.6 is 0 Å². The molecule has 1 aliphatic rings. The van der Waals surface area contributed by atoms with Gasteiger partial charge in [0.2, 0.25) is 0 Å². The van der Waals surface area contributed by atoms with Gasteiger partial charge in [0.1, 0.15) is 17.5 Å². The van der Waals surface area contributed by atoms with E-state index in [0.29, 0.717) is 5.92 Å². The summed E-state index contributed by atoms with van der Waals surface area (Å²) < 4.78 is 5.56. The first-order chi connectivity index (χ1) is 10.3. The predicted octanol–water partition coefficient (Wildman–Crippen LogP) is 3.40. The topological polar surface area (TPSA) is 59.1 Å². The van der Waals surface area contributed by atoms with E-state index in [2.05, 4.69) is 34.4 Å². The van der Waals surface area contributed by atoms with E-state index in [1.807, 2.05) is 6.07 Å². The molecular weight excluding hydrogens is 264 g/mol. The van der Waals surface area contributed by atoms with Crippen LogP contribution in [0.15, 0.2) is 6.07 Å². The summed E-state index contributed by atoms with van der Waals surface area (Å²) in [6.45, 7) is 7.72. The van der Waals surface area contributed by atoms with Gasteiger partial charge in [-0.15, -0.1) is 0 Å². The maximum absolute atomic E-state index is 5.56. The minimum Gasteiger partial charge on any atom is -0.381 e. The minimum absolute atomic E-state index is 0.571. The molecule has 5 heteroatoms. The Bertz CT molecular complexity index is 421. The average Bonchev–Trinajstić information content (AvgIpc) is 3.31. The number of hydrogen-bond acceptors (Lipinski definition) is 5. The molecule has 0 aromatic carbocycles. The maximum atomic E-state index is 5.56. The first-order valence-corrected chi connectivity index (χ1v) is 8.28. The third-order valence-corrected chi connectivity index (χ3v) is 3.46. The van der Waals surface area contributed by atoms with Crippen LogP contribution in [0.2, 0.25) is 0 Å². The van der Waals surface area contributed by atoms with Crippen molar-refractivity contribution < 1.29 is 4.74 Å². The van der Waals surface area contributed by atoms with Crippen molar-refractivity contribution in [2.75, 3.05) is 36.9 Å². The molecule has 1 saturated carbocycles. The number of nitrogens with zero attached hydrogens (tertiary/aromatic N) is 2. The Morgan fingerprint density at radius 3 is 2.48 bits per heavy atom. The molecule has 1 fully saturated rings. The standard InChI is InChI=1S/C16H28N4O/c1-3-5-10-21-11-6-9-18-15-12-14(17-4-2)19-16(20-15)13-7-8-13/h12-13H,3-11H2,1-2H3,(H2,17,18,19,20). The highest BCUT2D eigenvalue weighted by atomic mass is 16.5. The second-order valence-electron chi connectivity index (χ2n) is 5.55. The summed E-state index contributed by atoms with van der Waals surface area (Å²) in [7, 11) is 0. The largest absolute Gasteiger partial charge is 0.381 e. The molecule has 1 aromatic rings.